The third kappa shape index (κ3) is 1.85. The van der Waals surface area contributed by atoms with Gasteiger partial charge in [0.2, 0.25) is 5.91 Å². The molecule has 1 aromatic rings. The molecule has 24 heavy (non-hydrogen) atoms. The third-order valence-corrected chi connectivity index (χ3v) is 5.44. The van der Waals surface area contributed by atoms with Crippen molar-refractivity contribution in [3.8, 4) is 0 Å². The number of rotatable bonds is 4. The zero-order valence-electron chi connectivity index (χ0n) is 12.7. The van der Waals surface area contributed by atoms with Crippen LogP contribution in [-0.2, 0) is 14.3 Å². The molecular weight excluding hydrogens is 330 g/mol. The number of carbonyl (C=O) groups is 2. The van der Waals surface area contributed by atoms with Gasteiger partial charge < -0.3 is 19.5 Å². The summed E-state index contributed by atoms with van der Waals surface area (Å²) in [7, 11) is 0. The summed E-state index contributed by atoms with van der Waals surface area (Å²) in [5.41, 5.74) is -0.280. The molecule has 0 aliphatic carbocycles. The number of ether oxygens (including phenoxy) is 1. The monoisotopic (exact) mass is 344 g/mol. The number of carboxylic acid groups (broad SMARTS) is 1. The number of benzene rings is 1. The molecule has 5 nitrogen and oxygen atoms in total. The highest BCUT2D eigenvalue weighted by Crippen LogP contribution is 2.56. The van der Waals surface area contributed by atoms with E-state index in [9.17, 15) is 14.7 Å². The Hall–Kier alpha value is -2.11. The first-order valence-electron chi connectivity index (χ1n) is 7.77. The molecule has 3 aliphatic heterocycles. The van der Waals surface area contributed by atoms with Gasteiger partial charge in [0, 0.05) is 22.6 Å². The van der Waals surface area contributed by atoms with E-state index in [1.54, 1.807) is 41.3 Å². The summed E-state index contributed by atoms with van der Waals surface area (Å²) in [4.78, 5) is 26.3. The minimum Gasteiger partial charge on any atom is -0.550 e. The standard InChI is InChI=1S/C18H16ClNO4/c1-2-3-13-18-9-8-12(24-18)14(17(22)23)15(18)16(21)20(13)11-6-4-10(19)5-7-11/h2,4-9,12-15H,1,3H2,(H,22,23)/p-1/t12-,13-,14+,15-,18-/m1/s1. The van der Waals surface area contributed by atoms with Gasteiger partial charge in [0.1, 0.15) is 5.60 Å². The molecule has 1 spiro atoms. The number of fused-ring (bicyclic) bond motifs is 1. The molecule has 0 saturated carbocycles. The number of aliphatic carboxylic acids is 1. The van der Waals surface area contributed by atoms with Crippen LogP contribution in [0.2, 0.25) is 5.02 Å². The SMILES string of the molecule is C=CC[C@H]1N(c2ccc(Cl)cc2)C(=O)[C@H]2[C@@H](C(=O)[O-])[C@H]3C=C[C@]21O3. The highest BCUT2D eigenvalue weighted by molar-refractivity contribution is 6.30. The van der Waals surface area contributed by atoms with Gasteiger partial charge in [0.15, 0.2) is 0 Å². The first-order valence-corrected chi connectivity index (χ1v) is 8.15. The molecule has 124 valence electrons. The van der Waals surface area contributed by atoms with E-state index in [1.165, 1.54) is 0 Å². The van der Waals surface area contributed by atoms with Crippen LogP contribution in [0.1, 0.15) is 6.42 Å². The highest BCUT2D eigenvalue weighted by atomic mass is 35.5. The number of halogens is 1. The van der Waals surface area contributed by atoms with Gasteiger partial charge in [-0.2, -0.15) is 0 Å². The van der Waals surface area contributed by atoms with Crippen molar-refractivity contribution in [3.63, 3.8) is 0 Å². The second-order valence-corrected chi connectivity index (χ2v) is 6.78. The smallest absolute Gasteiger partial charge is 0.234 e. The van der Waals surface area contributed by atoms with Crippen molar-refractivity contribution in [2.24, 2.45) is 11.8 Å². The van der Waals surface area contributed by atoms with E-state index >= 15 is 0 Å². The van der Waals surface area contributed by atoms with Crippen LogP contribution in [0, 0.1) is 11.8 Å². The van der Waals surface area contributed by atoms with Crippen molar-refractivity contribution in [3.05, 3.63) is 54.1 Å². The van der Waals surface area contributed by atoms with Gasteiger partial charge in [-0.1, -0.05) is 29.8 Å². The Morgan fingerprint density at radius 2 is 2.12 bits per heavy atom. The molecule has 2 saturated heterocycles. The minimum atomic E-state index is -1.25. The van der Waals surface area contributed by atoms with Crippen LogP contribution in [0.25, 0.3) is 0 Å². The van der Waals surface area contributed by atoms with Crippen LogP contribution >= 0.6 is 11.6 Å². The third-order valence-electron chi connectivity index (χ3n) is 5.19. The Morgan fingerprint density at radius 1 is 1.42 bits per heavy atom. The zero-order chi connectivity index (χ0) is 17.1. The summed E-state index contributed by atoms with van der Waals surface area (Å²) in [5, 5.41) is 12.2. The number of hydrogen-bond donors (Lipinski definition) is 0. The maximum absolute atomic E-state index is 13.1. The fourth-order valence-corrected chi connectivity index (χ4v) is 4.40. The molecule has 2 bridgehead atoms. The average molecular weight is 345 g/mol. The highest BCUT2D eigenvalue weighted by Gasteiger charge is 2.69. The number of carbonyl (C=O) groups excluding carboxylic acids is 2. The predicted octanol–water partition coefficient (Wildman–Crippen LogP) is 1.32. The fourth-order valence-electron chi connectivity index (χ4n) is 4.28. The summed E-state index contributed by atoms with van der Waals surface area (Å²) in [6.07, 6.45) is 5.16. The van der Waals surface area contributed by atoms with Crippen LogP contribution in [0.15, 0.2) is 49.1 Å². The normalized spacial score (nSPS) is 36.2. The van der Waals surface area contributed by atoms with Crippen molar-refractivity contribution in [1.29, 1.82) is 0 Å². The van der Waals surface area contributed by atoms with Crippen LogP contribution in [-0.4, -0.2) is 29.6 Å². The summed E-state index contributed by atoms with van der Waals surface area (Å²) in [5.74, 6) is -3.25. The molecule has 6 heteroatoms. The molecule has 0 aromatic heterocycles. The van der Waals surface area contributed by atoms with E-state index in [4.69, 9.17) is 16.3 Å². The number of hydrogen-bond acceptors (Lipinski definition) is 4. The number of carboxylic acids is 1. The van der Waals surface area contributed by atoms with Crippen molar-refractivity contribution < 1.29 is 19.4 Å². The Labute approximate surface area is 144 Å². The van der Waals surface area contributed by atoms with Crippen LogP contribution in [0.3, 0.4) is 0 Å². The number of anilines is 1. The van der Waals surface area contributed by atoms with E-state index in [1.807, 2.05) is 6.08 Å². The lowest BCUT2D eigenvalue weighted by molar-refractivity contribution is -0.313. The molecule has 2 fully saturated rings. The minimum absolute atomic E-state index is 0.259. The topological polar surface area (TPSA) is 69.7 Å². The number of amides is 1. The van der Waals surface area contributed by atoms with Gasteiger partial charge >= 0.3 is 0 Å². The molecule has 0 N–H and O–H groups in total. The van der Waals surface area contributed by atoms with Gasteiger partial charge in [-0.15, -0.1) is 6.58 Å². The molecule has 3 aliphatic rings. The van der Waals surface area contributed by atoms with Gasteiger partial charge in [0.05, 0.1) is 18.1 Å². The van der Waals surface area contributed by atoms with Crippen LogP contribution in [0.5, 0.6) is 0 Å². The second-order valence-electron chi connectivity index (χ2n) is 6.34. The number of nitrogens with zero attached hydrogens (tertiary/aromatic N) is 1. The largest absolute Gasteiger partial charge is 0.550 e. The molecule has 0 radical (unpaired) electrons. The average Bonchev–Trinajstić information content (AvgIpc) is 3.18. The second kappa shape index (κ2) is 5.19. The Kier molecular flexibility index (Phi) is 3.34. The van der Waals surface area contributed by atoms with Crippen molar-refractivity contribution in [2.75, 3.05) is 4.90 Å². The van der Waals surface area contributed by atoms with E-state index in [2.05, 4.69) is 6.58 Å². The fraction of sp³-hybridized carbons (Fsp3) is 0.333. The van der Waals surface area contributed by atoms with Gasteiger partial charge in [-0.05, 0) is 30.7 Å². The van der Waals surface area contributed by atoms with Crippen LogP contribution in [0.4, 0.5) is 5.69 Å². The lowest BCUT2D eigenvalue weighted by atomic mass is 9.74. The Bertz CT molecular complexity index is 759. The van der Waals surface area contributed by atoms with Crippen molar-refractivity contribution in [1.82, 2.24) is 0 Å². The van der Waals surface area contributed by atoms with E-state index in [-0.39, 0.29) is 11.9 Å². The summed E-state index contributed by atoms with van der Waals surface area (Å²) in [6, 6.07) is 6.55. The maximum Gasteiger partial charge on any atom is 0.234 e. The lowest BCUT2D eigenvalue weighted by Gasteiger charge is -2.32. The van der Waals surface area contributed by atoms with Gasteiger partial charge in [-0.3, -0.25) is 4.79 Å². The molecule has 5 atom stereocenters. The molecule has 4 rings (SSSR count). The van der Waals surface area contributed by atoms with E-state index in [0.29, 0.717) is 17.1 Å². The quantitative estimate of drug-likeness (QED) is 0.772. The van der Waals surface area contributed by atoms with Gasteiger partial charge in [-0.25, -0.2) is 0 Å². The van der Waals surface area contributed by atoms with E-state index < -0.39 is 29.5 Å². The Morgan fingerprint density at radius 3 is 2.75 bits per heavy atom. The molecule has 1 amide bonds. The molecule has 1 aromatic carbocycles. The van der Waals surface area contributed by atoms with Gasteiger partial charge in [0.25, 0.3) is 0 Å². The van der Waals surface area contributed by atoms with Crippen molar-refractivity contribution in [2.45, 2.75) is 24.2 Å². The molecular formula is C18H15ClNO4-. The summed E-state index contributed by atoms with van der Waals surface area (Å²) >= 11 is 5.93. The van der Waals surface area contributed by atoms with E-state index in [0.717, 1.165) is 0 Å². The van der Waals surface area contributed by atoms with Crippen LogP contribution < -0.4 is 10.0 Å². The first kappa shape index (κ1) is 15.4. The first-order chi connectivity index (χ1) is 11.5. The summed E-state index contributed by atoms with van der Waals surface area (Å²) in [6.45, 7) is 3.77. The predicted molar refractivity (Wildman–Crippen MR) is 86.3 cm³/mol. The Balaban J connectivity index is 1.83. The lowest BCUT2D eigenvalue weighted by Crippen LogP contribution is -2.46. The zero-order valence-corrected chi connectivity index (χ0v) is 13.5. The van der Waals surface area contributed by atoms with Crippen molar-refractivity contribution >= 4 is 29.2 Å². The molecule has 3 heterocycles. The summed E-state index contributed by atoms with van der Waals surface area (Å²) < 4.78 is 6.00. The molecule has 0 unspecified atom stereocenters. The maximum atomic E-state index is 13.1.